The zero-order valence-electron chi connectivity index (χ0n) is 11.3. The molecule has 5 nitrogen and oxygen atoms in total. The molecule has 1 amide bonds. The van der Waals surface area contributed by atoms with Crippen LogP contribution in [0.4, 0.5) is 5.69 Å². The van der Waals surface area contributed by atoms with Crippen molar-refractivity contribution >= 4 is 42.9 Å². The molecule has 0 heterocycles. The molecule has 0 aliphatic heterocycles. The van der Waals surface area contributed by atoms with Gasteiger partial charge in [0, 0.05) is 21.3 Å². The monoisotopic (exact) mass is 359 g/mol. The van der Waals surface area contributed by atoms with E-state index in [1.54, 1.807) is 24.3 Å². The van der Waals surface area contributed by atoms with E-state index in [0.717, 1.165) is 0 Å². The number of ether oxygens (including phenoxy) is 1. The summed E-state index contributed by atoms with van der Waals surface area (Å²) in [5.41, 5.74) is 0.565. The molecule has 0 unspecified atom stereocenters. The van der Waals surface area contributed by atoms with Gasteiger partial charge in [0.1, 0.15) is 5.75 Å². The molecule has 0 aliphatic rings. The number of hydrogen-bond acceptors (Lipinski definition) is 4. The van der Waals surface area contributed by atoms with Crippen molar-refractivity contribution in [2.45, 2.75) is 4.90 Å². The van der Waals surface area contributed by atoms with Crippen molar-refractivity contribution in [3.8, 4) is 5.75 Å². The molecule has 8 heteroatoms. The summed E-state index contributed by atoms with van der Waals surface area (Å²) in [7, 11) is 2.80. The molecule has 22 heavy (non-hydrogen) atoms. The summed E-state index contributed by atoms with van der Waals surface area (Å²) in [6.07, 6.45) is 0. The number of nitrogens with one attached hydrogen (secondary N) is 1. The van der Waals surface area contributed by atoms with E-state index in [2.05, 4.69) is 5.32 Å². The Bertz CT molecular complexity index is 804. The molecular weight excluding hydrogens is 349 g/mol. The van der Waals surface area contributed by atoms with Crippen molar-refractivity contribution in [3.63, 3.8) is 0 Å². The average molecular weight is 360 g/mol. The minimum Gasteiger partial charge on any atom is -0.495 e. The van der Waals surface area contributed by atoms with Crippen LogP contribution in [-0.4, -0.2) is 21.4 Å². The minimum atomic E-state index is -3.91. The van der Waals surface area contributed by atoms with Crippen LogP contribution in [0.25, 0.3) is 0 Å². The van der Waals surface area contributed by atoms with Crippen molar-refractivity contribution in [3.05, 3.63) is 53.1 Å². The lowest BCUT2D eigenvalue weighted by Crippen LogP contribution is -2.13. The smallest absolute Gasteiger partial charge is 0.261 e. The molecule has 0 saturated heterocycles. The van der Waals surface area contributed by atoms with Gasteiger partial charge in [-0.15, -0.1) is 0 Å². The zero-order chi connectivity index (χ0) is 16.3. The van der Waals surface area contributed by atoms with Crippen LogP contribution < -0.4 is 10.1 Å². The molecule has 2 rings (SSSR count). The third-order valence-electron chi connectivity index (χ3n) is 2.81. The highest BCUT2D eigenvalue weighted by Gasteiger charge is 2.15. The van der Waals surface area contributed by atoms with Gasteiger partial charge in [-0.05, 0) is 42.5 Å². The molecule has 0 aliphatic carbocycles. The molecule has 0 radical (unpaired) electrons. The summed E-state index contributed by atoms with van der Waals surface area (Å²) in [5, 5.41) is 3.08. The molecule has 0 fully saturated rings. The van der Waals surface area contributed by atoms with E-state index in [4.69, 9.17) is 27.0 Å². The van der Waals surface area contributed by atoms with Gasteiger partial charge in [0.25, 0.3) is 15.0 Å². The Balaban J connectivity index is 2.35. The fraction of sp³-hybridized carbons (Fsp3) is 0.0714. The van der Waals surface area contributed by atoms with E-state index in [9.17, 15) is 13.2 Å². The summed E-state index contributed by atoms with van der Waals surface area (Å²) >= 11 is 5.76. The molecule has 2 aromatic carbocycles. The van der Waals surface area contributed by atoms with E-state index in [1.165, 1.54) is 25.3 Å². The number of carbonyl (C=O) groups excluding carboxylic acids is 1. The van der Waals surface area contributed by atoms with Gasteiger partial charge in [0.2, 0.25) is 0 Å². The second kappa shape index (κ2) is 6.56. The highest BCUT2D eigenvalue weighted by molar-refractivity contribution is 8.13. The summed E-state index contributed by atoms with van der Waals surface area (Å²) in [4.78, 5) is 12.0. The van der Waals surface area contributed by atoms with Gasteiger partial charge >= 0.3 is 0 Å². The van der Waals surface area contributed by atoms with Crippen LogP contribution in [-0.2, 0) is 9.05 Å². The first kappa shape index (κ1) is 16.6. The minimum absolute atomic E-state index is 0.138. The Morgan fingerprint density at radius 3 is 2.32 bits per heavy atom. The van der Waals surface area contributed by atoms with Crippen molar-refractivity contribution in [1.82, 2.24) is 0 Å². The fourth-order valence-corrected chi connectivity index (χ4v) is 2.64. The maximum atomic E-state index is 12.2. The number of amides is 1. The quantitative estimate of drug-likeness (QED) is 0.847. The van der Waals surface area contributed by atoms with Crippen LogP contribution in [0.2, 0.25) is 5.02 Å². The second-order valence-electron chi connectivity index (χ2n) is 4.26. The van der Waals surface area contributed by atoms with Crippen molar-refractivity contribution in [1.29, 1.82) is 0 Å². The summed E-state index contributed by atoms with van der Waals surface area (Å²) < 4.78 is 27.8. The highest BCUT2D eigenvalue weighted by atomic mass is 35.7. The number of carbonyl (C=O) groups is 1. The van der Waals surface area contributed by atoms with Gasteiger partial charge in [-0.3, -0.25) is 4.79 Å². The van der Waals surface area contributed by atoms with E-state index in [0.29, 0.717) is 16.3 Å². The van der Waals surface area contributed by atoms with E-state index >= 15 is 0 Å². The summed E-state index contributed by atoms with van der Waals surface area (Å²) in [6.45, 7) is 0. The Kier molecular flexibility index (Phi) is 4.95. The van der Waals surface area contributed by atoms with Crippen LogP contribution in [0.5, 0.6) is 5.75 Å². The second-order valence-corrected chi connectivity index (χ2v) is 7.26. The Morgan fingerprint density at radius 1 is 1.14 bits per heavy atom. The summed E-state index contributed by atoms with van der Waals surface area (Å²) in [5.74, 6) is -0.120. The summed E-state index contributed by atoms with van der Waals surface area (Å²) in [6, 6.07) is 10.2. The largest absolute Gasteiger partial charge is 0.495 e. The third kappa shape index (κ3) is 3.91. The molecule has 1 N–H and O–H groups in total. The SMILES string of the molecule is COc1ccc(S(=O)(=O)Cl)cc1NC(=O)c1ccc(Cl)cc1. The maximum Gasteiger partial charge on any atom is 0.261 e. The maximum absolute atomic E-state index is 12.2. The zero-order valence-corrected chi connectivity index (χ0v) is 13.7. The lowest BCUT2D eigenvalue weighted by Gasteiger charge is -2.11. The number of halogens is 2. The van der Waals surface area contributed by atoms with Crippen LogP contribution >= 0.6 is 22.3 Å². The van der Waals surface area contributed by atoms with Crippen LogP contribution in [0.3, 0.4) is 0 Å². The van der Waals surface area contributed by atoms with Gasteiger partial charge in [-0.2, -0.15) is 0 Å². The van der Waals surface area contributed by atoms with E-state index < -0.39 is 15.0 Å². The van der Waals surface area contributed by atoms with Crippen molar-refractivity contribution in [2.24, 2.45) is 0 Å². The first-order valence-corrected chi connectivity index (χ1v) is 8.69. The highest BCUT2D eigenvalue weighted by Crippen LogP contribution is 2.29. The number of rotatable bonds is 4. The predicted octanol–water partition coefficient (Wildman–Crippen LogP) is 3.53. The Labute approximate surface area is 137 Å². The molecule has 0 aromatic heterocycles. The van der Waals surface area contributed by atoms with Gasteiger partial charge in [-0.1, -0.05) is 11.6 Å². The Morgan fingerprint density at radius 2 is 1.77 bits per heavy atom. The molecule has 0 atom stereocenters. The molecule has 0 bridgehead atoms. The number of hydrogen-bond donors (Lipinski definition) is 1. The Hall–Kier alpha value is -1.76. The molecule has 116 valence electrons. The standard InChI is InChI=1S/C14H11Cl2NO4S/c1-21-13-7-6-11(22(16,19)20)8-12(13)17-14(18)9-2-4-10(15)5-3-9/h2-8H,1H3,(H,17,18). The number of methoxy groups -OCH3 is 1. The van der Waals surface area contributed by atoms with Crippen LogP contribution in [0.1, 0.15) is 10.4 Å². The van der Waals surface area contributed by atoms with Gasteiger partial charge in [0.15, 0.2) is 0 Å². The van der Waals surface area contributed by atoms with E-state index in [1.807, 2.05) is 0 Å². The molecule has 0 spiro atoms. The number of anilines is 1. The van der Waals surface area contributed by atoms with Crippen LogP contribution in [0.15, 0.2) is 47.4 Å². The molecular formula is C14H11Cl2NO4S. The normalized spacial score (nSPS) is 11.0. The first-order chi connectivity index (χ1) is 10.3. The van der Waals surface area contributed by atoms with Crippen LogP contribution in [0, 0.1) is 0 Å². The topological polar surface area (TPSA) is 72.5 Å². The lowest BCUT2D eigenvalue weighted by molar-refractivity contribution is 0.102. The van der Waals surface area contributed by atoms with E-state index in [-0.39, 0.29) is 10.6 Å². The van der Waals surface area contributed by atoms with Gasteiger partial charge in [0.05, 0.1) is 17.7 Å². The third-order valence-corrected chi connectivity index (χ3v) is 4.41. The van der Waals surface area contributed by atoms with Crippen molar-refractivity contribution in [2.75, 3.05) is 12.4 Å². The molecule has 2 aromatic rings. The van der Waals surface area contributed by atoms with Crippen molar-refractivity contribution < 1.29 is 17.9 Å². The fourth-order valence-electron chi connectivity index (χ4n) is 1.73. The lowest BCUT2D eigenvalue weighted by atomic mass is 10.2. The van der Waals surface area contributed by atoms with Gasteiger partial charge in [-0.25, -0.2) is 8.42 Å². The predicted molar refractivity (Wildman–Crippen MR) is 85.4 cm³/mol. The number of benzene rings is 2. The van der Waals surface area contributed by atoms with Gasteiger partial charge < -0.3 is 10.1 Å². The first-order valence-electron chi connectivity index (χ1n) is 6.01. The molecule has 0 saturated carbocycles. The average Bonchev–Trinajstić information content (AvgIpc) is 2.46.